The number of carbonyl (C=O) groups is 1. The van der Waals surface area contributed by atoms with Gasteiger partial charge in [-0.15, -0.1) is 11.6 Å². The third kappa shape index (κ3) is 3.43. The Morgan fingerprint density at radius 2 is 2.00 bits per heavy atom. The molecule has 17 heavy (non-hydrogen) atoms. The summed E-state index contributed by atoms with van der Waals surface area (Å²) in [6.45, 7) is 1.35. The van der Waals surface area contributed by atoms with Gasteiger partial charge in [-0.25, -0.2) is 0 Å². The molecule has 0 radical (unpaired) electrons. The molecule has 0 amide bonds. The van der Waals surface area contributed by atoms with Gasteiger partial charge in [0, 0.05) is 31.1 Å². The van der Waals surface area contributed by atoms with Gasteiger partial charge < -0.3 is 9.47 Å². The van der Waals surface area contributed by atoms with E-state index in [1.165, 1.54) is 0 Å². The summed E-state index contributed by atoms with van der Waals surface area (Å²) in [4.78, 5) is 11.9. The van der Waals surface area contributed by atoms with Gasteiger partial charge in [-0.1, -0.05) is 12.8 Å². The molecule has 98 valence electrons. The van der Waals surface area contributed by atoms with Crippen LogP contribution in [0.15, 0.2) is 0 Å². The maximum absolute atomic E-state index is 11.9. The largest absolute Gasteiger partial charge is 0.347 e. The molecule has 1 aliphatic carbocycles. The van der Waals surface area contributed by atoms with E-state index < -0.39 is 5.79 Å². The Kier molecular flexibility index (Phi) is 4.83. The molecule has 1 aliphatic heterocycles. The van der Waals surface area contributed by atoms with Crippen molar-refractivity contribution in [3.05, 3.63) is 0 Å². The fourth-order valence-electron chi connectivity index (χ4n) is 2.79. The minimum absolute atomic E-state index is 0.136. The van der Waals surface area contributed by atoms with Gasteiger partial charge in [0.05, 0.1) is 13.2 Å². The molecule has 1 heterocycles. The first-order chi connectivity index (χ1) is 8.26. The van der Waals surface area contributed by atoms with E-state index in [1.54, 1.807) is 0 Å². The topological polar surface area (TPSA) is 35.5 Å². The van der Waals surface area contributed by atoms with Crippen LogP contribution < -0.4 is 0 Å². The SMILES string of the molecule is O=C1CCC2(CC1CCCCCCl)OCCO2. The number of alkyl halides is 1. The highest BCUT2D eigenvalue weighted by Crippen LogP contribution is 2.38. The highest BCUT2D eigenvalue weighted by atomic mass is 35.5. The predicted molar refractivity (Wildman–Crippen MR) is 66.2 cm³/mol. The molecule has 1 saturated heterocycles. The minimum atomic E-state index is -0.426. The number of ether oxygens (including phenoxy) is 2. The summed E-state index contributed by atoms with van der Waals surface area (Å²) >= 11 is 5.64. The van der Waals surface area contributed by atoms with E-state index in [0.717, 1.165) is 44.4 Å². The zero-order chi connectivity index (χ0) is 12.1. The van der Waals surface area contributed by atoms with Crippen LogP contribution in [0.25, 0.3) is 0 Å². The van der Waals surface area contributed by atoms with Gasteiger partial charge in [-0.05, 0) is 12.8 Å². The first kappa shape index (κ1) is 13.3. The molecule has 2 aliphatic rings. The zero-order valence-electron chi connectivity index (χ0n) is 10.3. The molecule has 2 rings (SSSR count). The molecular weight excluding hydrogens is 240 g/mol. The van der Waals surface area contributed by atoms with Crippen LogP contribution in [-0.4, -0.2) is 30.7 Å². The third-order valence-electron chi connectivity index (χ3n) is 3.76. The summed E-state index contributed by atoms with van der Waals surface area (Å²) in [6, 6.07) is 0. The lowest BCUT2D eigenvalue weighted by molar-refractivity contribution is -0.189. The molecule has 1 atom stereocenters. The average Bonchev–Trinajstić information content (AvgIpc) is 2.78. The van der Waals surface area contributed by atoms with Crippen molar-refractivity contribution >= 4 is 17.4 Å². The zero-order valence-corrected chi connectivity index (χ0v) is 11.0. The van der Waals surface area contributed by atoms with Crippen molar-refractivity contribution in [2.24, 2.45) is 5.92 Å². The number of Topliss-reactive ketones (excluding diaryl/α,β-unsaturated/α-hetero) is 1. The van der Waals surface area contributed by atoms with E-state index in [9.17, 15) is 4.79 Å². The molecule has 2 fully saturated rings. The Balaban J connectivity index is 1.80. The van der Waals surface area contributed by atoms with Crippen LogP contribution in [0.2, 0.25) is 0 Å². The molecule has 0 aromatic carbocycles. The first-order valence-corrected chi connectivity index (χ1v) is 7.16. The van der Waals surface area contributed by atoms with Gasteiger partial charge in [0.1, 0.15) is 5.78 Å². The third-order valence-corrected chi connectivity index (χ3v) is 4.03. The number of rotatable bonds is 5. The maximum Gasteiger partial charge on any atom is 0.169 e. The summed E-state index contributed by atoms with van der Waals surface area (Å²) < 4.78 is 11.4. The number of unbranched alkanes of at least 4 members (excludes halogenated alkanes) is 2. The van der Waals surface area contributed by atoms with Crippen molar-refractivity contribution < 1.29 is 14.3 Å². The quantitative estimate of drug-likeness (QED) is 0.563. The Labute approximate surface area is 108 Å². The van der Waals surface area contributed by atoms with Crippen molar-refractivity contribution in [1.82, 2.24) is 0 Å². The normalized spacial score (nSPS) is 27.8. The van der Waals surface area contributed by atoms with Crippen LogP contribution in [0, 0.1) is 5.92 Å². The van der Waals surface area contributed by atoms with Gasteiger partial charge in [-0.3, -0.25) is 4.79 Å². The lowest BCUT2D eigenvalue weighted by Gasteiger charge is -2.35. The van der Waals surface area contributed by atoms with E-state index in [-0.39, 0.29) is 5.92 Å². The van der Waals surface area contributed by atoms with Crippen LogP contribution >= 0.6 is 11.6 Å². The number of halogens is 1. The minimum Gasteiger partial charge on any atom is -0.347 e. The standard InChI is InChI=1S/C13H21ClO3/c14-7-3-1-2-4-11-10-13(6-5-12(11)15)16-8-9-17-13/h11H,1-10H2. The van der Waals surface area contributed by atoms with Gasteiger partial charge >= 0.3 is 0 Å². The lowest BCUT2D eigenvalue weighted by atomic mass is 9.81. The van der Waals surface area contributed by atoms with Crippen molar-refractivity contribution in [3.63, 3.8) is 0 Å². The summed E-state index contributed by atoms with van der Waals surface area (Å²) in [6.07, 6.45) is 6.31. The number of carbonyl (C=O) groups excluding carboxylic acids is 1. The highest BCUT2D eigenvalue weighted by molar-refractivity contribution is 6.17. The van der Waals surface area contributed by atoms with E-state index in [0.29, 0.717) is 25.4 Å². The molecular formula is C13H21ClO3. The van der Waals surface area contributed by atoms with Crippen molar-refractivity contribution in [2.45, 2.75) is 50.7 Å². The molecule has 0 bridgehead atoms. The summed E-state index contributed by atoms with van der Waals surface area (Å²) in [5.74, 6) is 0.817. The number of ketones is 1. The second-order valence-electron chi connectivity index (χ2n) is 5.01. The number of hydrogen-bond acceptors (Lipinski definition) is 3. The first-order valence-electron chi connectivity index (χ1n) is 6.62. The Hall–Kier alpha value is -0.120. The Morgan fingerprint density at radius 3 is 2.71 bits per heavy atom. The Bertz CT molecular complexity index is 261. The molecule has 4 heteroatoms. The fourth-order valence-corrected chi connectivity index (χ4v) is 2.98. The van der Waals surface area contributed by atoms with E-state index in [1.807, 2.05) is 0 Å². The smallest absolute Gasteiger partial charge is 0.169 e. The second kappa shape index (κ2) is 6.17. The van der Waals surface area contributed by atoms with Crippen molar-refractivity contribution in [1.29, 1.82) is 0 Å². The molecule has 1 saturated carbocycles. The summed E-state index contributed by atoms with van der Waals surface area (Å²) in [5.41, 5.74) is 0. The van der Waals surface area contributed by atoms with E-state index in [2.05, 4.69) is 0 Å². The van der Waals surface area contributed by atoms with Gasteiger partial charge in [0.25, 0.3) is 0 Å². The van der Waals surface area contributed by atoms with E-state index >= 15 is 0 Å². The number of hydrogen-bond donors (Lipinski definition) is 0. The van der Waals surface area contributed by atoms with E-state index in [4.69, 9.17) is 21.1 Å². The average molecular weight is 261 g/mol. The highest BCUT2D eigenvalue weighted by Gasteiger charge is 2.44. The monoisotopic (exact) mass is 260 g/mol. The fraction of sp³-hybridized carbons (Fsp3) is 0.923. The molecule has 0 aromatic rings. The molecule has 1 spiro atoms. The summed E-state index contributed by atoms with van der Waals surface area (Å²) in [7, 11) is 0. The predicted octanol–water partition coefficient (Wildman–Crippen LogP) is 2.90. The van der Waals surface area contributed by atoms with Gasteiger partial charge in [-0.2, -0.15) is 0 Å². The van der Waals surface area contributed by atoms with Crippen LogP contribution in [0.5, 0.6) is 0 Å². The van der Waals surface area contributed by atoms with Gasteiger partial charge in [0.2, 0.25) is 0 Å². The summed E-state index contributed by atoms with van der Waals surface area (Å²) in [5, 5.41) is 0. The van der Waals surface area contributed by atoms with Crippen LogP contribution in [0.3, 0.4) is 0 Å². The molecule has 0 N–H and O–H groups in total. The molecule has 0 aromatic heterocycles. The maximum atomic E-state index is 11.9. The van der Waals surface area contributed by atoms with Crippen molar-refractivity contribution in [3.8, 4) is 0 Å². The van der Waals surface area contributed by atoms with Crippen LogP contribution in [0.1, 0.15) is 44.9 Å². The lowest BCUT2D eigenvalue weighted by Crippen LogP contribution is -2.40. The second-order valence-corrected chi connectivity index (χ2v) is 5.39. The van der Waals surface area contributed by atoms with Crippen molar-refractivity contribution in [2.75, 3.05) is 19.1 Å². The molecule has 1 unspecified atom stereocenters. The van der Waals surface area contributed by atoms with Gasteiger partial charge in [0.15, 0.2) is 5.79 Å². The Morgan fingerprint density at radius 1 is 1.24 bits per heavy atom. The van der Waals surface area contributed by atoms with Crippen LogP contribution in [-0.2, 0) is 14.3 Å². The molecule has 3 nitrogen and oxygen atoms in total. The van der Waals surface area contributed by atoms with Crippen LogP contribution in [0.4, 0.5) is 0 Å².